The monoisotopic (exact) mass is 232 g/mol. The number of rotatable bonds is 2. The smallest absolute Gasteiger partial charge is 0.212 e. The van der Waals surface area contributed by atoms with Crippen molar-refractivity contribution in [2.75, 3.05) is 13.7 Å². The molecule has 3 nitrogen and oxygen atoms in total. The SMILES string of the molecule is COc1ccc(C2CCC3CCNC2C3)cn1. The summed E-state index contributed by atoms with van der Waals surface area (Å²) in [6.45, 7) is 1.19. The molecule has 3 heteroatoms. The van der Waals surface area contributed by atoms with Crippen LogP contribution < -0.4 is 10.1 Å². The second-order valence-electron chi connectivity index (χ2n) is 5.27. The molecule has 92 valence electrons. The Morgan fingerprint density at radius 2 is 2.24 bits per heavy atom. The molecule has 1 aliphatic heterocycles. The number of piperidine rings is 1. The van der Waals surface area contributed by atoms with Crippen molar-refractivity contribution in [3.05, 3.63) is 23.9 Å². The Morgan fingerprint density at radius 1 is 1.29 bits per heavy atom. The summed E-state index contributed by atoms with van der Waals surface area (Å²) in [5, 5.41) is 3.67. The Hall–Kier alpha value is -1.09. The summed E-state index contributed by atoms with van der Waals surface area (Å²) in [6, 6.07) is 4.81. The average Bonchev–Trinajstić information content (AvgIpc) is 2.40. The number of fused-ring (bicyclic) bond motifs is 2. The largest absolute Gasteiger partial charge is 0.481 e. The summed E-state index contributed by atoms with van der Waals surface area (Å²) in [4.78, 5) is 4.33. The third-order valence-electron chi connectivity index (χ3n) is 4.31. The summed E-state index contributed by atoms with van der Waals surface area (Å²) in [7, 11) is 1.66. The standard InChI is InChI=1S/C14H20N2O/c1-17-14-5-3-11(9-16-14)12-4-2-10-6-7-15-13(12)8-10/h3,5,9-10,12-13,15H,2,4,6-8H2,1H3. The Kier molecular flexibility index (Phi) is 3.02. The molecule has 1 N–H and O–H groups in total. The molecule has 3 rings (SSSR count). The number of nitrogens with zero attached hydrogens (tertiary/aromatic N) is 1. The fourth-order valence-electron chi connectivity index (χ4n) is 3.35. The highest BCUT2D eigenvalue weighted by Crippen LogP contribution is 2.39. The lowest BCUT2D eigenvalue weighted by atomic mass is 9.72. The average molecular weight is 232 g/mol. The van der Waals surface area contributed by atoms with E-state index < -0.39 is 0 Å². The van der Waals surface area contributed by atoms with Crippen LogP contribution in [0.5, 0.6) is 5.88 Å². The zero-order chi connectivity index (χ0) is 11.7. The van der Waals surface area contributed by atoms with Crippen LogP contribution in [0.2, 0.25) is 0 Å². The predicted octanol–water partition coefficient (Wildman–Crippen LogP) is 2.34. The molecule has 1 aromatic heterocycles. The lowest BCUT2D eigenvalue weighted by Crippen LogP contribution is -2.45. The maximum absolute atomic E-state index is 5.11. The van der Waals surface area contributed by atoms with Crippen molar-refractivity contribution < 1.29 is 4.74 Å². The van der Waals surface area contributed by atoms with E-state index in [1.54, 1.807) is 7.11 Å². The molecular weight excluding hydrogens is 212 g/mol. The van der Waals surface area contributed by atoms with Gasteiger partial charge in [0.25, 0.3) is 0 Å². The molecule has 0 radical (unpaired) electrons. The van der Waals surface area contributed by atoms with Gasteiger partial charge in [0.2, 0.25) is 5.88 Å². The minimum atomic E-state index is 0.643. The van der Waals surface area contributed by atoms with Gasteiger partial charge in [-0.3, -0.25) is 0 Å². The van der Waals surface area contributed by atoms with Gasteiger partial charge in [0.1, 0.15) is 0 Å². The number of aromatic nitrogens is 1. The normalized spacial score (nSPS) is 32.2. The Labute approximate surface area is 103 Å². The molecule has 3 unspecified atom stereocenters. The van der Waals surface area contributed by atoms with Crippen LogP contribution in [0.3, 0.4) is 0 Å². The Bertz CT molecular complexity index is 376. The van der Waals surface area contributed by atoms with Crippen LogP contribution in [0.25, 0.3) is 0 Å². The number of ether oxygens (including phenoxy) is 1. The van der Waals surface area contributed by atoms with Crippen LogP contribution in [0.4, 0.5) is 0 Å². The van der Waals surface area contributed by atoms with Gasteiger partial charge in [-0.05, 0) is 43.7 Å². The summed E-state index contributed by atoms with van der Waals surface area (Å²) in [5.74, 6) is 2.31. The van der Waals surface area contributed by atoms with E-state index in [0.717, 1.165) is 5.92 Å². The van der Waals surface area contributed by atoms with Gasteiger partial charge >= 0.3 is 0 Å². The first-order valence-electron chi connectivity index (χ1n) is 6.60. The van der Waals surface area contributed by atoms with Gasteiger partial charge in [-0.25, -0.2) is 4.98 Å². The maximum Gasteiger partial charge on any atom is 0.212 e. The van der Waals surface area contributed by atoms with Crippen LogP contribution in [0, 0.1) is 5.92 Å². The van der Waals surface area contributed by atoms with Crippen molar-refractivity contribution in [2.24, 2.45) is 5.92 Å². The minimum Gasteiger partial charge on any atom is -0.481 e. The summed E-state index contributed by atoms with van der Waals surface area (Å²) in [6.07, 6.45) is 7.38. The molecule has 2 heterocycles. The van der Waals surface area contributed by atoms with E-state index in [-0.39, 0.29) is 0 Å². The molecule has 2 fully saturated rings. The molecule has 3 atom stereocenters. The molecule has 2 bridgehead atoms. The molecule has 1 saturated carbocycles. The molecule has 0 aromatic carbocycles. The first kappa shape index (κ1) is 11.0. The maximum atomic E-state index is 5.11. The van der Waals surface area contributed by atoms with Crippen LogP contribution >= 0.6 is 0 Å². The van der Waals surface area contributed by atoms with Crippen molar-refractivity contribution >= 4 is 0 Å². The quantitative estimate of drug-likeness (QED) is 0.849. The molecule has 1 aliphatic carbocycles. The van der Waals surface area contributed by atoms with Crippen molar-refractivity contribution in [1.82, 2.24) is 10.3 Å². The second kappa shape index (κ2) is 4.65. The number of nitrogens with one attached hydrogen (secondary N) is 1. The van der Waals surface area contributed by atoms with E-state index in [1.807, 2.05) is 12.3 Å². The molecular formula is C14H20N2O. The third-order valence-corrected chi connectivity index (χ3v) is 4.31. The van der Waals surface area contributed by atoms with Crippen LogP contribution in [-0.4, -0.2) is 24.7 Å². The van der Waals surface area contributed by atoms with Gasteiger partial charge in [-0.2, -0.15) is 0 Å². The lowest BCUT2D eigenvalue weighted by molar-refractivity contribution is 0.198. The minimum absolute atomic E-state index is 0.643. The topological polar surface area (TPSA) is 34.1 Å². The van der Waals surface area contributed by atoms with Crippen LogP contribution in [0.15, 0.2) is 18.3 Å². The summed E-state index contributed by atoms with van der Waals surface area (Å²) < 4.78 is 5.11. The number of hydrogen-bond donors (Lipinski definition) is 1. The lowest BCUT2D eigenvalue weighted by Gasteiger charge is -2.41. The van der Waals surface area contributed by atoms with E-state index in [9.17, 15) is 0 Å². The van der Waals surface area contributed by atoms with Crippen LogP contribution in [0.1, 0.15) is 37.2 Å². The summed E-state index contributed by atoms with van der Waals surface area (Å²) >= 11 is 0. The first-order valence-corrected chi connectivity index (χ1v) is 6.60. The molecule has 1 aromatic rings. The molecule has 1 saturated heterocycles. The van der Waals surface area contributed by atoms with E-state index in [1.165, 1.54) is 37.8 Å². The number of hydrogen-bond acceptors (Lipinski definition) is 3. The van der Waals surface area contributed by atoms with E-state index in [2.05, 4.69) is 16.4 Å². The zero-order valence-electron chi connectivity index (χ0n) is 10.4. The predicted molar refractivity (Wildman–Crippen MR) is 67.3 cm³/mol. The Morgan fingerprint density at radius 3 is 3.00 bits per heavy atom. The van der Waals surface area contributed by atoms with Gasteiger partial charge < -0.3 is 10.1 Å². The van der Waals surface area contributed by atoms with E-state index >= 15 is 0 Å². The van der Waals surface area contributed by atoms with Crippen molar-refractivity contribution in [1.29, 1.82) is 0 Å². The van der Waals surface area contributed by atoms with Crippen molar-refractivity contribution in [3.63, 3.8) is 0 Å². The van der Waals surface area contributed by atoms with Gasteiger partial charge in [-0.15, -0.1) is 0 Å². The van der Waals surface area contributed by atoms with Gasteiger partial charge in [0.05, 0.1) is 7.11 Å². The molecule has 0 spiro atoms. The number of pyridine rings is 1. The van der Waals surface area contributed by atoms with E-state index in [4.69, 9.17) is 4.74 Å². The van der Waals surface area contributed by atoms with Crippen LogP contribution in [-0.2, 0) is 0 Å². The highest BCUT2D eigenvalue weighted by molar-refractivity contribution is 5.23. The van der Waals surface area contributed by atoms with Crippen molar-refractivity contribution in [3.8, 4) is 5.88 Å². The molecule has 17 heavy (non-hydrogen) atoms. The van der Waals surface area contributed by atoms with Crippen molar-refractivity contribution in [2.45, 2.75) is 37.6 Å². The second-order valence-corrected chi connectivity index (χ2v) is 5.27. The third kappa shape index (κ3) is 2.16. The van der Waals surface area contributed by atoms with E-state index in [0.29, 0.717) is 17.8 Å². The first-order chi connectivity index (χ1) is 8.36. The zero-order valence-corrected chi connectivity index (χ0v) is 10.4. The molecule has 0 amide bonds. The highest BCUT2D eigenvalue weighted by Gasteiger charge is 2.33. The fraction of sp³-hybridized carbons (Fsp3) is 0.643. The van der Waals surface area contributed by atoms with Gasteiger partial charge in [-0.1, -0.05) is 6.07 Å². The molecule has 2 aliphatic rings. The van der Waals surface area contributed by atoms with Gasteiger partial charge in [0, 0.05) is 24.2 Å². The Balaban J connectivity index is 1.78. The summed E-state index contributed by atoms with van der Waals surface area (Å²) in [5.41, 5.74) is 1.36. The highest BCUT2D eigenvalue weighted by atomic mass is 16.5. The van der Waals surface area contributed by atoms with Gasteiger partial charge in [0.15, 0.2) is 0 Å². The number of methoxy groups -OCH3 is 1. The fourth-order valence-corrected chi connectivity index (χ4v) is 3.35.